The number of nitrogens with zero attached hydrogens (tertiary/aromatic N) is 2. The number of benzene rings is 1. The molecule has 0 spiro atoms. The molecule has 0 saturated carbocycles. The molecule has 0 unspecified atom stereocenters. The first-order chi connectivity index (χ1) is 13.0. The Hall–Kier alpha value is -4.14. The Bertz CT molecular complexity index is 1000. The van der Waals surface area contributed by atoms with Crippen LogP contribution in [0.25, 0.3) is 11.8 Å². The Morgan fingerprint density at radius 1 is 1.04 bits per heavy atom. The third-order valence-corrected chi connectivity index (χ3v) is 3.52. The maximum atomic E-state index is 12.4. The molecule has 27 heavy (non-hydrogen) atoms. The second-order valence-electron chi connectivity index (χ2n) is 5.32. The molecule has 0 bridgehead atoms. The van der Waals surface area contributed by atoms with Crippen molar-refractivity contribution in [2.75, 3.05) is 0 Å². The van der Waals surface area contributed by atoms with Gasteiger partial charge >= 0.3 is 5.88 Å². The average molecular weight is 366 g/mol. The molecule has 136 valence electrons. The molecule has 0 radical (unpaired) electrons. The fourth-order valence-corrected chi connectivity index (χ4v) is 2.30. The van der Waals surface area contributed by atoms with E-state index in [4.69, 9.17) is 4.42 Å². The standard InChI is InChI=1S/C18H14N4O5/c23-16(9-7-13-8-10-17(27-13)22(25)26)19-20-18(24)14-5-1-2-6-15(14)21-11-3-4-12-21/h1-12H,(H,19,23)(H,20,24)/b9-7+. The molecule has 0 fully saturated rings. The summed E-state index contributed by atoms with van der Waals surface area (Å²) in [7, 11) is 0. The van der Waals surface area contributed by atoms with Crippen LogP contribution in [0.4, 0.5) is 5.88 Å². The fraction of sp³-hybridized carbons (Fsp3) is 0. The van der Waals surface area contributed by atoms with E-state index in [1.54, 1.807) is 41.2 Å². The first kappa shape index (κ1) is 17.7. The average Bonchev–Trinajstić information content (AvgIpc) is 3.36. The highest BCUT2D eigenvalue weighted by Gasteiger charge is 2.13. The van der Waals surface area contributed by atoms with Crippen LogP contribution in [0.1, 0.15) is 16.1 Å². The fourth-order valence-electron chi connectivity index (χ4n) is 2.30. The number of furan rings is 1. The molecule has 0 atom stereocenters. The number of nitrogens with one attached hydrogen (secondary N) is 2. The van der Waals surface area contributed by atoms with E-state index >= 15 is 0 Å². The summed E-state index contributed by atoms with van der Waals surface area (Å²) in [4.78, 5) is 34.0. The summed E-state index contributed by atoms with van der Waals surface area (Å²) in [6, 6.07) is 13.1. The molecule has 3 rings (SSSR count). The van der Waals surface area contributed by atoms with Gasteiger partial charge in [0.25, 0.3) is 11.8 Å². The number of carbonyl (C=O) groups excluding carboxylic acids is 2. The quantitative estimate of drug-likeness (QED) is 0.408. The Labute approximate surface area is 153 Å². The predicted octanol–water partition coefficient (Wildman–Crippen LogP) is 2.45. The van der Waals surface area contributed by atoms with Gasteiger partial charge in [0.1, 0.15) is 10.7 Å². The molecule has 2 aromatic heterocycles. The third-order valence-electron chi connectivity index (χ3n) is 3.52. The molecule has 9 nitrogen and oxygen atoms in total. The highest BCUT2D eigenvalue weighted by atomic mass is 16.6. The summed E-state index contributed by atoms with van der Waals surface area (Å²) in [6.07, 6.45) is 5.94. The summed E-state index contributed by atoms with van der Waals surface area (Å²) < 4.78 is 6.67. The molecule has 2 heterocycles. The monoisotopic (exact) mass is 366 g/mol. The van der Waals surface area contributed by atoms with E-state index < -0.39 is 22.6 Å². The van der Waals surface area contributed by atoms with Crippen LogP contribution in [0.5, 0.6) is 0 Å². The van der Waals surface area contributed by atoms with Crippen LogP contribution in [0, 0.1) is 10.1 Å². The maximum absolute atomic E-state index is 12.4. The Balaban J connectivity index is 1.61. The van der Waals surface area contributed by atoms with E-state index in [9.17, 15) is 19.7 Å². The van der Waals surface area contributed by atoms with Gasteiger partial charge < -0.3 is 8.98 Å². The van der Waals surface area contributed by atoms with Gasteiger partial charge in [0.2, 0.25) is 0 Å². The van der Waals surface area contributed by atoms with Crippen molar-refractivity contribution in [3.63, 3.8) is 0 Å². The highest BCUT2D eigenvalue weighted by molar-refractivity contribution is 6.00. The van der Waals surface area contributed by atoms with Crippen LogP contribution in [0.2, 0.25) is 0 Å². The molecule has 1 aromatic carbocycles. The van der Waals surface area contributed by atoms with Crippen molar-refractivity contribution >= 4 is 23.8 Å². The molecule has 2 N–H and O–H groups in total. The Morgan fingerprint density at radius 2 is 1.78 bits per heavy atom. The number of nitro groups is 1. The maximum Gasteiger partial charge on any atom is 0.433 e. The van der Waals surface area contributed by atoms with Gasteiger partial charge in [0.05, 0.1) is 17.3 Å². The minimum Gasteiger partial charge on any atom is -0.401 e. The lowest BCUT2D eigenvalue weighted by molar-refractivity contribution is -0.402. The van der Waals surface area contributed by atoms with Gasteiger partial charge in [-0.2, -0.15) is 0 Å². The molecule has 2 amide bonds. The number of rotatable bonds is 5. The SMILES string of the molecule is O=C(/C=C/c1ccc([N+](=O)[O-])o1)NNC(=O)c1ccccc1-n1cccc1. The van der Waals surface area contributed by atoms with Crippen LogP contribution in [0.3, 0.4) is 0 Å². The lowest BCUT2D eigenvalue weighted by Gasteiger charge is -2.11. The zero-order valence-corrected chi connectivity index (χ0v) is 13.9. The van der Waals surface area contributed by atoms with Crippen LogP contribution < -0.4 is 10.9 Å². The zero-order chi connectivity index (χ0) is 19.2. The van der Waals surface area contributed by atoms with Gasteiger partial charge in [0.15, 0.2) is 0 Å². The summed E-state index contributed by atoms with van der Waals surface area (Å²) in [5.74, 6) is -1.40. The van der Waals surface area contributed by atoms with Gasteiger partial charge in [-0.25, -0.2) is 0 Å². The van der Waals surface area contributed by atoms with Crippen molar-refractivity contribution < 1.29 is 18.9 Å². The normalized spacial score (nSPS) is 10.7. The van der Waals surface area contributed by atoms with Gasteiger partial charge in [-0.15, -0.1) is 0 Å². The number of hydrazine groups is 1. The summed E-state index contributed by atoms with van der Waals surface area (Å²) >= 11 is 0. The first-order valence-electron chi connectivity index (χ1n) is 7.79. The number of amides is 2. The second-order valence-corrected chi connectivity index (χ2v) is 5.32. The summed E-state index contributed by atoms with van der Waals surface area (Å²) in [6.45, 7) is 0. The van der Waals surface area contributed by atoms with Crippen LogP contribution in [-0.4, -0.2) is 21.3 Å². The van der Waals surface area contributed by atoms with E-state index in [1.807, 2.05) is 12.1 Å². The Morgan fingerprint density at radius 3 is 2.48 bits per heavy atom. The molecular weight excluding hydrogens is 352 g/mol. The van der Waals surface area contributed by atoms with Crippen molar-refractivity contribution in [2.24, 2.45) is 0 Å². The number of carbonyl (C=O) groups is 2. The lowest BCUT2D eigenvalue weighted by atomic mass is 10.1. The van der Waals surface area contributed by atoms with Gasteiger partial charge in [-0.1, -0.05) is 12.1 Å². The topological polar surface area (TPSA) is 119 Å². The minimum atomic E-state index is -0.681. The molecule has 0 aliphatic heterocycles. The Kier molecular flexibility index (Phi) is 5.12. The number of hydrogen-bond donors (Lipinski definition) is 2. The highest BCUT2D eigenvalue weighted by Crippen LogP contribution is 2.16. The van der Waals surface area contributed by atoms with Gasteiger partial charge in [-0.05, 0) is 36.4 Å². The van der Waals surface area contributed by atoms with E-state index in [-0.39, 0.29) is 5.76 Å². The largest absolute Gasteiger partial charge is 0.433 e. The van der Waals surface area contributed by atoms with Crippen molar-refractivity contribution in [3.05, 3.63) is 88.4 Å². The van der Waals surface area contributed by atoms with Crippen molar-refractivity contribution in [2.45, 2.75) is 0 Å². The van der Waals surface area contributed by atoms with Crippen LogP contribution in [0.15, 0.2) is 71.4 Å². The van der Waals surface area contributed by atoms with Crippen LogP contribution >= 0.6 is 0 Å². The third kappa shape index (κ3) is 4.28. The molecule has 0 aliphatic carbocycles. The van der Waals surface area contributed by atoms with Crippen LogP contribution in [-0.2, 0) is 4.79 Å². The van der Waals surface area contributed by atoms with E-state index in [0.29, 0.717) is 11.3 Å². The molecule has 0 saturated heterocycles. The van der Waals surface area contributed by atoms with E-state index in [2.05, 4.69) is 10.9 Å². The number of aromatic nitrogens is 1. The predicted molar refractivity (Wildman–Crippen MR) is 95.8 cm³/mol. The van der Waals surface area contributed by atoms with E-state index in [0.717, 1.165) is 6.08 Å². The van der Waals surface area contributed by atoms with Crippen molar-refractivity contribution in [1.82, 2.24) is 15.4 Å². The molecule has 0 aliphatic rings. The van der Waals surface area contributed by atoms with Gasteiger partial charge in [-0.3, -0.25) is 30.6 Å². The minimum absolute atomic E-state index is 0.140. The second kappa shape index (κ2) is 7.83. The van der Waals surface area contributed by atoms with E-state index in [1.165, 1.54) is 18.2 Å². The van der Waals surface area contributed by atoms with Crippen molar-refractivity contribution in [1.29, 1.82) is 0 Å². The van der Waals surface area contributed by atoms with Gasteiger partial charge in [0, 0.05) is 18.5 Å². The summed E-state index contributed by atoms with van der Waals surface area (Å²) in [5, 5.41) is 10.5. The molecule has 9 heteroatoms. The zero-order valence-electron chi connectivity index (χ0n) is 13.9. The molecular formula is C18H14N4O5. The lowest BCUT2D eigenvalue weighted by Crippen LogP contribution is -2.41. The summed E-state index contributed by atoms with van der Waals surface area (Å²) in [5.41, 5.74) is 5.60. The first-order valence-corrected chi connectivity index (χ1v) is 7.79. The van der Waals surface area contributed by atoms with Crippen molar-refractivity contribution in [3.8, 4) is 5.69 Å². The molecule has 3 aromatic rings. The number of hydrogen-bond acceptors (Lipinski definition) is 5. The number of para-hydroxylation sites is 1. The smallest absolute Gasteiger partial charge is 0.401 e.